The van der Waals surface area contributed by atoms with Gasteiger partial charge in [-0.25, -0.2) is 9.78 Å². The van der Waals surface area contributed by atoms with Crippen molar-refractivity contribution in [2.45, 2.75) is 32.6 Å². The molecule has 0 bridgehead atoms. The lowest BCUT2D eigenvalue weighted by molar-refractivity contribution is -0.149. The average Bonchev–Trinajstić information content (AvgIpc) is 2.36. The Morgan fingerprint density at radius 1 is 1.39 bits per heavy atom. The molecule has 1 amide bonds. The molecule has 18 heavy (non-hydrogen) atoms. The average molecular weight is 251 g/mol. The van der Waals surface area contributed by atoms with E-state index in [0.717, 1.165) is 19.3 Å². The van der Waals surface area contributed by atoms with E-state index < -0.39 is 11.9 Å². The summed E-state index contributed by atoms with van der Waals surface area (Å²) < 4.78 is 0. The highest BCUT2D eigenvalue weighted by Gasteiger charge is 2.10. The molecule has 0 saturated carbocycles. The molecule has 1 rings (SSSR count). The quantitative estimate of drug-likeness (QED) is 0.610. The van der Waals surface area contributed by atoms with E-state index in [-0.39, 0.29) is 11.5 Å². The second kappa shape index (κ2) is 7.26. The molecule has 0 radical (unpaired) electrons. The third-order valence-electron chi connectivity index (χ3n) is 2.25. The van der Waals surface area contributed by atoms with Gasteiger partial charge < -0.3 is 10.6 Å². The van der Waals surface area contributed by atoms with Crippen molar-refractivity contribution in [3.05, 3.63) is 23.9 Å². The van der Waals surface area contributed by atoms with Crippen molar-refractivity contribution in [3.63, 3.8) is 0 Å². The van der Waals surface area contributed by atoms with Crippen LogP contribution in [0.25, 0.3) is 0 Å². The number of nitrogens with zero attached hydrogens (tertiary/aromatic N) is 1. The van der Waals surface area contributed by atoms with E-state index in [4.69, 9.17) is 5.73 Å². The maximum atomic E-state index is 11.5. The van der Waals surface area contributed by atoms with E-state index in [1.807, 2.05) is 12.4 Å². The number of nitrogens with two attached hydrogens (primary N) is 1. The lowest BCUT2D eigenvalue weighted by Crippen LogP contribution is -2.27. The summed E-state index contributed by atoms with van der Waals surface area (Å²) in [5.74, 6) is -0.816. The Morgan fingerprint density at radius 2 is 2.17 bits per heavy atom. The van der Waals surface area contributed by atoms with Crippen molar-refractivity contribution < 1.29 is 14.4 Å². The van der Waals surface area contributed by atoms with Gasteiger partial charge in [0.2, 0.25) is 0 Å². The molecule has 0 saturated heterocycles. The molecular formula is C12H17N3O3. The summed E-state index contributed by atoms with van der Waals surface area (Å²) >= 11 is 0. The zero-order valence-electron chi connectivity index (χ0n) is 10.3. The third kappa shape index (κ3) is 4.82. The summed E-state index contributed by atoms with van der Waals surface area (Å²) in [6.07, 6.45) is 3.02. The van der Waals surface area contributed by atoms with Crippen LogP contribution in [0.15, 0.2) is 18.2 Å². The monoisotopic (exact) mass is 251 g/mol. The smallest absolute Gasteiger partial charge is 0.332 e. The highest BCUT2D eigenvalue weighted by atomic mass is 16.7. The van der Waals surface area contributed by atoms with Crippen LogP contribution >= 0.6 is 0 Å². The molecule has 0 aromatic carbocycles. The maximum Gasteiger partial charge on any atom is 0.332 e. The molecule has 0 unspecified atom stereocenters. The fourth-order valence-corrected chi connectivity index (χ4v) is 1.30. The first-order valence-corrected chi connectivity index (χ1v) is 5.86. The number of rotatable bonds is 5. The van der Waals surface area contributed by atoms with Gasteiger partial charge >= 0.3 is 11.9 Å². The molecular weight excluding hydrogens is 234 g/mol. The molecule has 3 N–H and O–H groups in total. The molecule has 1 heterocycles. The topological polar surface area (TPSA) is 94.3 Å². The van der Waals surface area contributed by atoms with Crippen LogP contribution in [0.4, 0.5) is 5.82 Å². The van der Waals surface area contributed by atoms with E-state index in [2.05, 4.69) is 9.82 Å². The summed E-state index contributed by atoms with van der Waals surface area (Å²) in [7, 11) is 0. The summed E-state index contributed by atoms with van der Waals surface area (Å²) in [4.78, 5) is 31.2. The number of aromatic nitrogens is 1. The zero-order chi connectivity index (χ0) is 13.4. The summed E-state index contributed by atoms with van der Waals surface area (Å²) in [6, 6.07) is 4.64. The number of hydrogen-bond donors (Lipinski definition) is 2. The Morgan fingerprint density at radius 3 is 2.83 bits per heavy atom. The van der Waals surface area contributed by atoms with Crippen molar-refractivity contribution in [2.75, 3.05) is 5.73 Å². The molecule has 0 fully saturated rings. The van der Waals surface area contributed by atoms with Crippen molar-refractivity contribution in [2.24, 2.45) is 0 Å². The Kier molecular flexibility index (Phi) is 5.63. The minimum absolute atomic E-state index is 0.108. The van der Waals surface area contributed by atoms with Crippen LogP contribution in [0.5, 0.6) is 0 Å². The van der Waals surface area contributed by atoms with Gasteiger partial charge in [-0.2, -0.15) is 5.48 Å². The Balaban J connectivity index is 2.35. The van der Waals surface area contributed by atoms with Crippen LogP contribution in [0.3, 0.4) is 0 Å². The number of carbonyl (C=O) groups is 2. The largest absolute Gasteiger partial charge is 0.384 e. The van der Waals surface area contributed by atoms with Crippen molar-refractivity contribution in [1.29, 1.82) is 0 Å². The summed E-state index contributed by atoms with van der Waals surface area (Å²) in [6.45, 7) is 2.04. The van der Waals surface area contributed by atoms with E-state index in [1.165, 1.54) is 6.07 Å². The van der Waals surface area contributed by atoms with Gasteiger partial charge in [0.25, 0.3) is 0 Å². The van der Waals surface area contributed by atoms with E-state index in [0.29, 0.717) is 6.42 Å². The number of carbonyl (C=O) groups excluding carboxylic acids is 2. The van der Waals surface area contributed by atoms with Gasteiger partial charge in [-0.05, 0) is 18.6 Å². The summed E-state index contributed by atoms with van der Waals surface area (Å²) in [5.41, 5.74) is 7.59. The first-order chi connectivity index (χ1) is 8.63. The standard InChI is InChI=1S/C12H17N3O3/c1-2-3-4-8-11(16)18-15-12(17)9-6-5-7-10(13)14-9/h5-7H,2-4,8H2,1H3,(H2,13,14)(H,15,17). The Bertz CT molecular complexity index is 421. The highest BCUT2D eigenvalue weighted by Crippen LogP contribution is 2.02. The number of hydroxylamine groups is 1. The minimum Gasteiger partial charge on any atom is -0.384 e. The highest BCUT2D eigenvalue weighted by molar-refractivity contribution is 5.92. The molecule has 6 heteroatoms. The second-order valence-corrected chi connectivity index (χ2v) is 3.81. The molecule has 98 valence electrons. The van der Waals surface area contributed by atoms with Gasteiger partial charge in [0, 0.05) is 6.42 Å². The fraction of sp³-hybridized carbons (Fsp3) is 0.417. The number of hydrogen-bond acceptors (Lipinski definition) is 5. The van der Waals surface area contributed by atoms with Crippen molar-refractivity contribution in [3.8, 4) is 0 Å². The van der Waals surface area contributed by atoms with Crippen LogP contribution in [0, 0.1) is 0 Å². The molecule has 6 nitrogen and oxygen atoms in total. The lowest BCUT2D eigenvalue weighted by atomic mass is 10.2. The van der Waals surface area contributed by atoms with Crippen LogP contribution in [-0.4, -0.2) is 16.9 Å². The van der Waals surface area contributed by atoms with Gasteiger partial charge in [0.15, 0.2) is 0 Å². The maximum absolute atomic E-state index is 11.5. The number of unbranched alkanes of at least 4 members (excludes halogenated alkanes) is 2. The summed E-state index contributed by atoms with van der Waals surface area (Å²) in [5, 5.41) is 0. The molecule has 0 aliphatic heterocycles. The third-order valence-corrected chi connectivity index (χ3v) is 2.25. The molecule has 1 aromatic rings. The normalized spacial score (nSPS) is 9.83. The Hall–Kier alpha value is -2.11. The van der Waals surface area contributed by atoms with E-state index in [1.54, 1.807) is 12.1 Å². The molecule has 0 aliphatic rings. The number of nitrogen functional groups attached to an aromatic ring is 1. The zero-order valence-corrected chi connectivity index (χ0v) is 10.3. The van der Waals surface area contributed by atoms with Crippen molar-refractivity contribution in [1.82, 2.24) is 10.5 Å². The fourth-order valence-electron chi connectivity index (χ4n) is 1.30. The van der Waals surface area contributed by atoms with E-state index >= 15 is 0 Å². The van der Waals surface area contributed by atoms with Crippen LogP contribution < -0.4 is 11.2 Å². The van der Waals surface area contributed by atoms with Gasteiger partial charge in [-0.1, -0.05) is 25.8 Å². The predicted octanol–water partition coefficient (Wildman–Crippen LogP) is 1.43. The van der Waals surface area contributed by atoms with Gasteiger partial charge in [-0.15, -0.1) is 0 Å². The van der Waals surface area contributed by atoms with Gasteiger partial charge in [-0.3, -0.25) is 4.79 Å². The lowest BCUT2D eigenvalue weighted by Gasteiger charge is -2.05. The number of anilines is 1. The predicted molar refractivity (Wildman–Crippen MR) is 66.3 cm³/mol. The minimum atomic E-state index is -0.592. The van der Waals surface area contributed by atoms with Gasteiger partial charge in [0.05, 0.1) is 0 Å². The SMILES string of the molecule is CCCCCC(=O)ONC(=O)c1cccc(N)n1. The van der Waals surface area contributed by atoms with Gasteiger partial charge in [0.1, 0.15) is 11.5 Å². The second-order valence-electron chi connectivity index (χ2n) is 3.81. The number of pyridine rings is 1. The molecule has 0 spiro atoms. The van der Waals surface area contributed by atoms with E-state index in [9.17, 15) is 9.59 Å². The number of amides is 1. The molecule has 1 aromatic heterocycles. The van der Waals surface area contributed by atoms with Crippen molar-refractivity contribution >= 4 is 17.7 Å². The first-order valence-electron chi connectivity index (χ1n) is 5.86. The first kappa shape index (κ1) is 14.0. The molecule has 0 aliphatic carbocycles. The molecule has 0 atom stereocenters. The Labute approximate surface area is 105 Å². The van der Waals surface area contributed by atoms with Crippen LogP contribution in [-0.2, 0) is 9.63 Å². The number of nitrogens with one attached hydrogen (secondary N) is 1. The van der Waals surface area contributed by atoms with Crippen LogP contribution in [0.1, 0.15) is 43.1 Å². The van der Waals surface area contributed by atoms with Crippen LogP contribution in [0.2, 0.25) is 0 Å².